The van der Waals surface area contributed by atoms with Crippen LogP contribution in [0.4, 0.5) is 0 Å². The van der Waals surface area contributed by atoms with E-state index in [0.29, 0.717) is 12.0 Å². The molecule has 0 saturated carbocycles. The third-order valence-corrected chi connectivity index (χ3v) is 13.2. The average molecular weight is 1070 g/mol. The Morgan fingerprint density at radius 1 is 0.776 bits per heavy atom. The van der Waals surface area contributed by atoms with Crippen LogP contribution in [0.15, 0.2) is 24.3 Å². The second-order valence-electron chi connectivity index (χ2n) is 21.3. The lowest BCUT2D eigenvalue weighted by Crippen LogP contribution is -2.60. The highest BCUT2D eigenvalue weighted by Crippen LogP contribution is 2.26. The van der Waals surface area contributed by atoms with E-state index >= 15 is 0 Å². The number of fused-ring (bicyclic) bond motifs is 2. The maximum Gasteiger partial charge on any atom is 0.328 e. The largest absolute Gasteiger partial charge is 0.508 e. The van der Waals surface area contributed by atoms with Gasteiger partial charge in [0.15, 0.2) is 5.78 Å². The predicted molar refractivity (Wildman–Crippen MR) is 273 cm³/mol. The maximum absolute atomic E-state index is 14.8. The second-order valence-corrected chi connectivity index (χ2v) is 21.3. The van der Waals surface area contributed by atoms with Crippen molar-refractivity contribution in [2.24, 2.45) is 29.4 Å². The number of aromatic hydroxyl groups is 1. The first kappa shape index (κ1) is 61.4. The number of nitrogens with two attached hydrogens (primary N) is 1. The number of phenols is 1. The maximum atomic E-state index is 14.8. The molecule has 10 N–H and O–H groups in total. The number of cyclic esters (lactones) is 1. The van der Waals surface area contributed by atoms with Crippen molar-refractivity contribution < 1.29 is 67.4 Å². The molecule has 3 heterocycles. The number of primary amides is 1. The summed E-state index contributed by atoms with van der Waals surface area (Å²) < 4.78 is 5.79. The highest BCUT2D eigenvalue weighted by molar-refractivity contribution is 6.04. The predicted octanol–water partition coefficient (Wildman–Crippen LogP) is -0.873. The lowest BCUT2D eigenvalue weighted by Gasteiger charge is -2.32. The minimum absolute atomic E-state index is 0.00302. The van der Waals surface area contributed by atoms with Crippen LogP contribution in [0.1, 0.15) is 119 Å². The number of carbonyl (C=O) groups excluding carboxylic acids is 12. The first-order valence-corrected chi connectivity index (χ1v) is 26.2. The summed E-state index contributed by atoms with van der Waals surface area (Å²) in [6.45, 7) is 12.5. The molecule has 0 unspecified atom stereocenters. The number of rotatable bonds is 14. The Morgan fingerprint density at radius 2 is 1.41 bits per heavy atom. The van der Waals surface area contributed by atoms with Gasteiger partial charge in [-0.25, -0.2) is 4.79 Å². The van der Waals surface area contributed by atoms with Crippen molar-refractivity contribution in [3.05, 3.63) is 29.8 Å². The minimum Gasteiger partial charge on any atom is -0.508 e. The number of nitrogens with zero attached hydrogens (tertiary/aromatic N) is 2. The van der Waals surface area contributed by atoms with E-state index in [4.69, 9.17) is 10.5 Å². The van der Waals surface area contributed by atoms with Crippen molar-refractivity contribution in [2.45, 2.75) is 168 Å². The van der Waals surface area contributed by atoms with Crippen LogP contribution in [-0.2, 0) is 68.7 Å². The van der Waals surface area contributed by atoms with E-state index in [1.807, 2.05) is 0 Å². The summed E-state index contributed by atoms with van der Waals surface area (Å²) in [6.07, 6.45) is -0.519. The fourth-order valence-corrected chi connectivity index (χ4v) is 9.45. The van der Waals surface area contributed by atoms with Crippen LogP contribution in [0, 0.1) is 23.7 Å². The molecule has 4 rings (SSSR count). The van der Waals surface area contributed by atoms with E-state index in [0.717, 1.165) is 0 Å². The first-order chi connectivity index (χ1) is 35.8. The molecule has 0 aromatic heterocycles. The minimum atomic E-state index is -1.69. The van der Waals surface area contributed by atoms with Crippen LogP contribution >= 0.6 is 0 Å². The van der Waals surface area contributed by atoms with E-state index in [2.05, 4.69) is 37.2 Å². The summed E-state index contributed by atoms with van der Waals surface area (Å²) in [7, 11) is 0. The number of carbonyl (C=O) groups is 12. The number of hydrogen-bond donors (Lipinski definition) is 9. The molecule has 76 heavy (non-hydrogen) atoms. The third-order valence-electron chi connectivity index (χ3n) is 13.2. The fourth-order valence-electron chi connectivity index (χ4n) is 9.45. The molecule has 3 fully saturated rings. The van der Waals surface area contributed by atoms with Gasteiger partial charge in [0, 0.05) is 25.9 Å². The molecule has 24 heteroatoms. The molecule has 3 aliphatic heterocycles. The number of ketones is 1. The van der Waals surface area contributed by atoms with Gasteiger partial charge in [0.25, 0.3) is 0 Å². The monoisotopic (exact) mass is 1070 g/mol. The topological polar surface area (TPSA) is 351 Å². The van der Waals surface area contributed by atoms with Crippen molar-refractivity contribution >= 4 is 70.8 Å². The molecule has 0 aliphatic carbocycles. The highest BCUT2D eigenvalue weighted by Gasteiger charge is 2.44. The van der Waals surface area contributed by atoms with Gasteiger partial charge in [0.2, 0.25) is 59.1 Å². The number of hydrogen-bond acceptors (Lipinski definition) is 14. The van der Waals surface area contributed by atoms with Crippen LogP contribution in [0.25, 0.3) is 0 Å². The van der Waals surface area contributed by atoms with Gasteiger partial charge in [-0.3, -0.25) is 52.7 Å². The molecule has 10 amide bonds. The zero-order valence-electron chi connectivity index (χ0n) is 44.9. The van der Waals surface area contributed by atoms with E-state index in [-0.39, 0.29) is 81.5 Å². The van der Waals surface area contributed by atoms with E-state index in [1.54, 1.807) is 55.4 Å². The smallest absolute Gasteiger partial charge is 0.328 e. The van der Waals surface area contributed by atoms with Gasteiger partial charge in [-0.1, -0.05) is 67.5 Å². The summed E-state index contributed by atoms with van der Waals surface area (Å²) in [5, 5.41) is 27.9. The van der Waals surface area contributed by atoms with Crippen molar-refractivity contribution in [3.63, 3.8) is 0 Å². The zero-order valence-corrected chi connectivity index (χ0v) is 44.9. The van der Waals surface area contributed by atoms with E-state index in [9.17, 15) is 62.6 Å². The molecule has 3 aliphatic rings. The summed E-state index contributed by atoms with van der Waals surface area (Å²) in [6, 6.07) is -5.25. The molecule has 1 aromatic carbocycles. The van der Waals surface area contributed by atoms with Crippen LogP contribution in [0.2, 0.25) is 0 Å². The van der Waals surface area contributed by atoms with Gasteiger partial charge in [-0.2, -0.15) is 0 Å². The molecule has 3 saturated heterocycles. The lowest BCUT2D eigenvalue weighted by atomic mass is 9.97. The SMILES string of the molecule is CCCC(=O)N[C@H](C(=O)N[C@H]1COC(=O)[C@@H]2CCCN2C(=O)[C@H](Cc2ccc(O)cc2)NC(=O)[C@H](CC(N)=O)NC(=O)CNC(=O)[C@H](CC(C)C)NC(=O)CC(=O)[C@H](CC(C)C)NC(=O)[C@@H]2C[C@H](C)CN2C1=O)C(C)C. The molecular weight excluding hydrogens is 989 g/mol. The van der Waals surface area contributed by atoms with Crippen molar-refractivity contribution in [1.29, 1.82) is 0 Å². The van der Waals surface area contributed by atoms with Gasteiger partial charge in [-0.05, 0) is 79.9 Å². The first-order valence-electron chi connectivity index (χ1n) is 26.2. The van der Waals surface area contributed by atoms with Crippen LogP contribution in [-0.4, -0.2) is 160 Å². The third kappa shape index (κ3) is 18.3. The Morgan fingerprint density at radius 3 is 2.03 bits per heavy atom. The summed E-state index contributed by atoms with van der Waals surface area (Å²) >= 11 is 0. The van der Waals surface area contributed by atoms with Gasteiger partial charge in [0.1, 0.15) is 54.6 Å². The second kappa shape index (κ2) is 28.7. The van der Waals surface area contributed by atoms with Crippen LogP contribution < -0.4 is 43.0 Å². The number of Topliss-reactive ketones (excluding diaryl/α,β-unsaturated/α-hetero) is 1. The molecule has 0 radical (unpaired) electrons. The Labute approximate surface area is 443 Å². The quantitative estimate of drug-likeness (QED) is 0.0808. The number of benzene rings is 1. The van der Waals surface area contributed by atoms with Gasteiger partial charge in [-0.15, -0.1) is 0 Å². The van der Waals surface area contributed by atoms with Gasteiger partial charge < -0.3 is 62.6 Å². The number of nitrogens with one attached hydrogen (secondary N) is 7. The summed E-state index contributed by atoms with van der Waals surface area (Å²) in [5.74, 6) is -11.2. The molecule has 0 bridgehead atoms. The number of amides is 10. The van der Waals surface area contributed by atoms with Crippen molar-refractivity contribution in [2.75, 3.05) is 26.2 Å². The Hall–Kier alpha value is -7.14. The lowest BCUT2D eigenvalue weighted by molar-refractivity contribution is -0.157. The summed E-state index contributed by atoms with van der Waals surface area (Å²) in [5.41, 5.74) is 5.93. The number of ether oxygens (including phenoxy) is 1. The summed E-state index contributed by atoms with van der Waals surface area (Å²) in [4.78, 5) is 168. The number of esters is 1. The molecule has 24 nitrogen and oxygen atoms in total. The highest BCUT2D eigenvalue weighted by atomic mass is 16.5. The van der Waals surface area contributed by atoms with E-state index < -0.39 is 151 Å². The van der Waals surface area contributed by atoms with Crippen molar-refractivity contribution in [1.82, 2.24) is 47.0 Å². The van der Waals surface area contributed by atoms with Crippen LogP contribution in [0.5, 0.6) is 5.75 Å². The van der Waals surface area contributed by atoms with Crippen LogP contribution in [0.3, 0.4) is 0 Å². The molecular formula is C52H78N10O14. The molecule has 9 atom stereocenters. The number of phenolic OH excluding ortho intramolecular Hbond substituents is 1. The Balaban J connectivity index is 1.80. The molecule has 0 spiro atoms. The average Bonchev–Trinajstić information content (AvgIpc) is 3.99. The van der Waals surface area contributed by atoms with E-state index in [1.165, 1.54) is 34.1 Å². The van der Waals surface area contributed by atoms with Gasteiger partial charge >= 0.3 is 5.97 Å². The fraction of sp³-hybridized carbons (Fsp3) is 0.654. The molecule has 1 aromatic rings. The standard InChI is InChI=1S/C52H78N10O14/c1-9-11-42(66)60-45(29(6)7)49(72)59-37-26-76-52(75)38-12-10-17-61(38)50(73)36(21-31-13-15-32(63)16-14-31)58-47(70)35(22-41(53)65)56-44(68)24-54-46(69)34(19-28(4)5)55-43(67)23-40(64)33(18-27(2)3)57-48(71)39-20-30(8)25-62(39)51(37)74/h13-16,27-30,33-39,45,63H,9-12,17-26H2,1-8H3,(H2,53,65)(H,54,69)(H,55,67)(H,56,68)(H,57,71)(H,58,70)(H,59,72)(H,60,66)/t30-,33-,34-,35-,36-,37-,38-,39-,45-/m0/s1. The normalized spacial score (nSPS) is 25.6. The van der Waals surface area contributed by atoms with Gasteiger partial charge in [0.05, 0.1) is 25.4 Å². The van der Waals surface area contributed by atoms with Crippen molar-refractivity contribution in [3.8, 4) is 5.75 Å². The molecule has 420 valence electrons. The Kier molecular flexibility index (Phi) is 23.2. The zero-order chi connectivity index (χ0) is 56.6. The Bertz CT molecular complexity index is 2310.